The Hall–Kier alpha value is -2.17. The number of rotatable bonds is 6. The van der Waals surface area contributed by atoms with Crippen LogP contribution in [0.5, 0.6) is 0 Å². The van der Waals surface area contributed by atoms with Crippen LogP contribution >= 0.6 is 0 Å². The van der Waals surface area contributed by atoms with Crippen molar-refractivity contribution in [1.29, 1.82) is 0 Å². The second kappa shape index (κ2) is 8.68. The van der Waals surface area contributed by atoms with Gasteiger partial charge < -0.3 is 10.4 Å². The smallest absolute Gasteiger partial charge is 0.217 e. The largest absolute Gasteiger partial charge is 0.388 e. The molecule has 3 atom stereocenters. The number of nitrogens with one attached hydrogen (secondary N) is 1. The van der Waals surface area contributed by atoms with Crippen LogP contribution in [-0.2, 0) is 11.2 Å². The summed E-state index contributed by atoms with van der Waals surface area (Å²) in [6.07, 6.45) is 2.72. The average Bonchev–Trinajstić information content (AvgIpc) is 2.66. The molecule has 1 aliphatic heterocycles. The standard InChI is InChI=1S/C23H30N2O2/c1-18(26)24-22-21(20-13-7-4-8-14-20)25(17-15-23(22,2)27)16-9-12-19-10-5-3-6-11-19/h3-8,10-11,13-14,21-22,27H,9,12,15-17H2,1-2H3,(H,24,26). The third-order valence-corrected chi connectivity index (χ3v) is 5.54. The highest BCUT2D eigenvalue weighted by Crippen LogP contribution is 2.37. The van der Waals surface area contributed by atoms with Crippen LogP contribution in [0.3, 0.4) is 0 Å². The van der Waals surface area contributed by atoms with Crippen molar-refractivity contribution in [2.45, 2.75) is 50.8 Å². The molecular formula is C23H30N2O2. The van der Waals surface area contributed by atoms with E-state index in [0.717, 1.165) is 31.5 Å². The van der Waals surface area contributed by atoms with Gasteiger partial charge in [0.05, 0.1) is 17.7 Å². The Kier molecular flexibility index (Phi) is 6.30. The van der Waals surface area contributed by atoms with E-state index in [1.54, 1.807) is 0 Å². The number of piperidine rings is 1. The van der Waals surface area contributed by atoms with Crippen LogP contribution < -0.4 is 5.32 Å². The summed E-state index contributed by atoms with van der Waals surface area (Å²) in [5.74, 6) is -0.104. The van der Waals surface area contributed by atoms with Crippen molar-refractivity contribution in [2.24, 2.45) is 0 Å². The lowest BCUT2D eigenvalue weighted by Crippen LogP contribution is -2.62. The van der Waals surface area contributed by atoms with Gasteiger partial charge in [0.1, 0.15) is 0 Å². The van der Waals surface area contributed by atoms with Gasteiger partial charge in [0.2, 0.25) is 5.91 Å². The summed E-state index contributed by atoms with van der Waals surface area (Å²) < 4.78 is 0. The van der Waals surface area contributed by atoms with E-state index in [0.29, 0.717) is 6.42 Å². The number of benzene rings is 2. The van der Waals surface area contributed by atoms with Crippen LogP contribution in [0.4, 0.5) is 0 Å². The molecule has 1 amide bonds. The van der Waals surface area contributed by atoms with Crippen molar-refractivity contribution >= 4 is 5.91 Å². The van der Waals surface area contributed by atoms with Crippen LogP contribution in [0.15, 0.2) is 60.7 Å². The molecule has 27 heavy (non-hydrogen) atoms. The highest BCUT2D eigenvalue weighted by molar-refractivity contribution is 5.73. The molecule has 1 saturated heterocycles. The Morgan fingerprint density at radius 1 is 1.15 bits per heavy atom. The number of likely N-dealkylation sites (tertiary alicyclic amines) is 1. The lowest BCUT2D eigenvalue weighted by Gasteiger charge is -2.49. The van der Waals surface area contributed by atoms with Crippen LogP contribution in [0.25, 0.3) is 0 Å². The van der Waals surface area contributed by atoms with Gasteiger partial charge in [-0.3, -0.25) is 9.69 Å². The molecule has 1 heterocycles. The Morgan fingerprint density at radius 2 is 1.78 bits per heavy atom. The molecule has 0 aliphatic carbocycles. The summed E-state index contributed by atoms with van der Waals surface area (Å²) >= 11 is 0. The number of hydrogen-bond acceptors (Lipinski definition) is 3. The maximum Gasteiger partial charge on any atom is 0.217 e. The molecule has 0 aromatic heterocycles. The minimum Gasteiger partial charge on any atom is -0.388 e. The van der Waals surface area contributed by atoms with Crippen LogP contribution in [0, 0.1) is 0 Å². The van der Waals surface area contributed by atoms with Gasteiger partial charge in [-0.15, -0.1) is 0 Å². The van der Waals surface area contributed by atoms with Gasteiger partial charge in [0.15, 0.2) is 0 Å². The predicted molar refractivity (Wildman–Crippen MR) is 108 cm³/mol. The number of aryl methyl sites for hydroxylation is 1. The van der Waals surface area contributed by atoms with Crippen molar-refractivity contribution in [2.75, 3.05) is 13.1 Å². The summed E-state index contributed by atoms with van der Waals surface area (Å²) in [5, 5.41) is 14.0. The molecule has 1 aliphatic rings. The number of amides is 1. The topological polar surface area (TPSA) is 52.6 Å². The van der Waals surface area contributed by atoms with Crippen LogP contribution in [0.2, 0.25) is 0 Å². The van der Waals surface area contributed by atoms with Gasteiger partial charge in [0, 0.05) is 13.5 Å². The van der Waals surface area contributed by atoms with Crippen LogP contribution in [-0.4, -0.2) is 40.6 Å². The zero-order valence-electron chi connectivity index (χ0n) is 16.3. The molecule has 0 radical (unpaired) electrons. The predicted octanol–water partition coefficient (Wildman–Crippen LogP) is 3.32. The molecule has 2 N–H and O–H groups in total. The summed E-state index contributed by atoms with van der Waals surface area (Å²) in [7, 11) is 0. The number of aliphatic hydroxyl groups is 1. The maximum atomic E-state index is 11.8. The Bertz CT molecular complexity index is 731. The molecule has 3 unspecified atom stereocenters. The fourth-order valence-corrected chi connectivity index (χ4v) is 4.10. The number of carbonyl (C=O) groups excluding carboxylic acids is 1. The number of hydrogen-bond donors (Lipinski definition) is 2. The Labute approximate surface area is 162 Å². The molecule has 144 valence electrons. The summed E-state index contributed by atoms with van der Waals surface area (Å²) in [5.41, 5.74) is 1.55. The lowest BCUT2D eigenvalue weighted by molar-refractivity contribution is -0.126. The summed E-state index contributed by atoms with van der Waals surface area (Å²) in [4.78, 5) is 14.3. The fourth-order valence-electron chi connectivity index (χ4n) is 4.10. The first kappa shape index (κ1) is 19.6. The van der Waals surface area contributed by atoms with E-state index in [-0.39, 0.29) is 18.0 Å². The molecule has 1 fully saturated rings. The minimum atomic E-state index is -0.928. The molecule has 3 rings (SSSR count). The van der Waals surface area contributed by atoms with E-state index in [1.807, 2.05) is 31.2 Å². The van der Waals surface area contributed by atoms with Crippen LogP contribution in [0.1, 0.15) is 43.9 Å². The third kappa shape index (κ3) is 4.96. The van der Waals surface area contributed by atoms with E-state index in [9.17, 15) is 9.90 Å². The van der Waals surface area contributed by atoms with Gasteiger partial charge in [-0.25, -0.2) is 0 Å². The Balaban J connectivity index is 1.79. The molecule has 4 nitrogen and oxygen atoms in total. The van der Waals surface area contributed by atoms with E-state index in [1.165, 1.54) is 12.5 Å². The highest BCUT2D eigenvalue weighted by atomic mass is 16.3. The third-order valence-electron chi connectivity index (χ3n) is 5.54. The van der Waals surface area contributed by atoms with E-state index < -0.39 is 5.60 Å². The highest BCUT2D eigenvalue weighted by Gasteiger charge is 2.45. The van der Waals surface area contributed by atoms with Gasteiger partial charge >= 0.3 is 0 Å². The molecule has 0 bridgehead atoms. The van der Waals surface area contributed by atoms with Crippen molar-refractivity contribution in [3.05, 3.63) is 71.8 Å². The molecule has 4 heteroatoms. The Morgan fingerprint density at radius 3 is 2.41 bits per heavy atom. The average molecular weight is 367 g/mol. The SMILES string of the molecule is CC(=O)NC1C(c2ccccc2)N(CCCc2ccccc2)CCC1(C)O. The lowest BCUT2D eigenvalue weighted by atomic mass is 9.79. The first-order valence-electron chi connectivity index (χ1n) is 9.80. The molecule has 0 spiro atoms. The first-order valence-corrected chi connectivity index (χ1v) is 9.80. The molecular weight excluding hydrogens is 336 g/mol. The zero-order chi connectivity index (χ0) is 19.3. The molecule has 2 aromatic rings. The van der Waals surface area contributed by atoms with E-state index >= 15 is 0 Å². The van der Waals surface area contributed by atoms with Crippen molar-refractivity contribution in [3.63, 3.8) is 0 Å². The first-order chi connectivity index (χ1) is 13.0. The second-order valence-corrected chi connectivity index (χ2v) is 7.77. The van der Waals surface area contributed by atoms with Crippen molar-refractivity contribution in [1.82, 2.24) is 10.2 Å². The van der Waals surface area contributed by atoms with Gasteiger partial charge in [0.25, 0.3) is 0 Å². The van der Waals surface area contributed by atoms with Crippen molar-refractivity contribution < 1.29 is 9.90 Å². The number of nitrogens with zero attached hydrogens (tertiary/aromatic N) is 1. The second-order valence-electron chi connectivity index (χ2n) is 7.77. The van der Waals surface area contributed by atoms with E-state index in [2.05, 4.69) is 46.6 Å². The van der Waals surface area contributed by atoms with Gasteiger partial charge in [-0.05, 0) is 43.9 Å². The summed E-state index contributed by atoms with van der Waals surface area (Å²) in [6, 6.07) is 20.4. The van der Waals surface area contributed by atoms with Crippen molar-refractivity contribution in [3.8, 4) is 0 Å². The fraction of sp³-hybridized carbons (Fsp3) is 0.435. The monoisotopic (exact) mass is 366 g/mol. The molecule has 0 saturated carbocycles. The number of carbonyl (C=O) groups is 1. The van der Waals surface area contributed by atoms with Gasteiger partial charge in [-0.2, -0.15) is 0 Å². The zero-order valence-corrected chi connectivity index (χ0v) is 16.3. The maximum absolute atomic E-state index is 11.8. The quantitative estimate of drug-likeness (QED) is 0.825. The summed E-state index contributed by atoms with van der Waals surface area (Å²) in [6.45, 7) is 5.11. The normalized spacial score (nSPS) is 25.9. The minimum absolute atomic E-state index is 0.0328. The van der Waals surface area contributed by atoms with Gasteiger partial charge in [-0.1, -0.05) is 60.7 Å². The molecule has 2 aromatic carbocycles. The van der Waals surface area contributed by atoms with E-state index in [4.69, 9.17) is 0 Å².